The summed E-state index contributed by atoms with van der Waals surface area (Å²) in [5.41, 5.74) is 4.65. The van der Waals surface area contributed by atoms with Crippen LogP contribution in [0.3, 0.4) is 0 Å². The standard InChI is InChI=1S/C27H35N3O7/c1-6-7-8-12-11-16(29(2)3)14-9-13-10-15-20(30(4)5)23(33)19(26(28)36)25(35)27(15,37)24(34)17(13)22(32)18(14)21(12)31/h11,13,15,17,19-20,31,37H,6-10H2,1-5H3,(H2,28,36)/t13-,15-,17?,19?,20-,27-/m0/s1. The van der Waals surface area contributed by atoms with Crippen LogP contribution in [0.5, 0.6) is 5.75 Å². The zero-order valence-corrected chi connectivity index (χ0v) is 21.9. The summed E-state index contributed by atoms with van der Waals surface area (Å²) < 4.78 is 0. The van der Waals surface area contributed by atoms with Crippen molar-refractivity contribution in [1.29, 1.82) is 0 Å². The molecule has 10 heteroatoms. The van der Waals surface area contributed by atoms with Crippen LogP contribution in [0, 0.1) is 23.7 Å². The lowest BCUT2D eigenvalue weighted by molar-refractivity contribution is -0.181. The topological polar surface area (TPSA) is 158 Å². The maximum absolute atomic E-state index is 13.9. The zero-order chi connectivity index (χ0) is 27.6. The third-order valence-corrected chi connectivity index (χ3v) is 8.40. The Kier molecular flexibility index (Phi) is 6.79. The summed E-state index contributed by atoms with van der Waals surface area (Å²) in [5.74, 6) is -10.2. The molecule has 37 heavy (non-hydrogen) atoms. The van der Waals surface area contributed by atoms with Crippen molar-refractivity contribution in [3.63, 3.8) is 0 Å². The van der Waals surface area contributed by atoms with Gasteiger partial charge in [-0.05, 0) is 62.9 Å². The number of anilines is 1. The normalized spacial score (nSPS) is 31.2. The summed E-state index contributed by atoms with van der Waals surface area (Å²) >= 11 is 0. The fourth-order valence-electron chi connectivity index (χ4n) is 6.66. The van der Waals surface area contributed by atoms with Crippen LogP contribution in [-0.4, -0.2) is 84.0 Å². The van der Waals surface area contributed by atoms with Gasteiger partial charge in [-0.1, -0.05) is 13.3 Å². The number of hydrogen-bond acceptors (Lipinski definition) is 9. The number of likely N-dealkylation sites (N-methyl/N-ethyl adjacent to an activating group) is 1. The van der Waals surface area contributed by atoms with Crippen molar-refractivity contribution < 1.29 is 34.2 Å². The average molecular weight is 514 g/mol. The number of unbranched alkanes of at least 4 members (excludes halogenated alkanes) is 1. The number of aryl methyl sites for hydroxylation is 1. The number of Topliss-reactive ketones (excluding diaryl/α,β-unsaturated/α-hetero) is 4. The van der Waals surface area contributed by atoms with Crippen molar-refractivity contribution in [2.45, 2.75) is 50.7 Å². The third kappa shape index (κ3) is 3.80. The maximum Gasteiger partial charge on any atom is 0.235 e. The summed E-state index contributed by atoms with van der Waals surface area (Å²) in [6, 6.07) is 0.756. The van der Waals surface area contributed by atoms with Gasteiger partial charge in [-0.25, -0.2) is 0 Å². The first-order valence-electron chi connectivity index (χ1n) is 12.7. The van der Waals surface area contributed by atoms with E-state index in [2.05, 4.69) is 0 Å². The van der Waals surface area contributed by atoms with E-state index in [1.54, 1.807) is 14.1 Å². The highest BCUT2D eigenvalue weighted by Crippen LogP contribution is 2.52. The molecule has 6 atom stereocenters. The largest absolute Gasteiger partial charge is 0.507 e. The van der Waals surface area contributed by atoms with Crippen LogP contribution in [0.4, 0.5) is 5.69 Å². The van der Waals surface area contributed by atoms with Crippen LogP contribution >= 0.6 is 0 Å². The Morgan fingerprint density at radius 1 is 1.14 bits per heavy atom. The number of carbonyl (C=O) groups excluding carboxylic acids is 5. The van der Waals surface area contributed by atoms with Gasteiger partial charge in [-0.2, -0.15) is 0 Å². The van der Waals surface area contributed by atoms with Gasteiger partial charge in [0.2, 0.25) is 5.91 Å². The Hall–Kier alpha value is -3.11. The van der Waals surface area contributed by atoms with Crippen LogP contribution < -0.4 is 10.6 Å². The first-order valence-corrected chi connectivity index (χ1v) is 12.7. The van der Waals surface area contributed by atoms with Gasteiger partial charge in [-0.3, -0.25) is 28.9 Å². The first-order chi connectivity index (χ1) is 17.3. The van der Waals surface area contributed by atoms with Gasteiger partial charge in [-0.15, -0.1) is 0 Å². The zero-order valence-electron chi connectivity index (χ0n) is 21.9. The molecule has 1 aromatic carbocycles. The summed E-state index contributed by atoms with van der Waals surface area (Å²) in [7, 11) is 6.80. The number of primary amides is 1. The molecular weight excluding hydrogens is 478 g/mol. The Morgan fingerprint density at radius 3 is 2.32 bits per heavy atom. The van der Waals surface area contributed by atoms with Crippen molar-refractivity contribution >= 4 is 34.7 Å². The molecule has 0 saturated heterocycles. The molecule has 0 radical (unpaired) electrons. The van der Waals surface area contributed by atoms with E-state index in [1.807, 2.05) is 32.0 Å². The fraction of sp³-hybridized carbons (Fsp3) is 0.593. The Bertz CT molecular complexity index is 1210. The smallest absolute Gasteiger partial charge is 0.235 e. The number of amides is 1. The maximum atomic E-state index is 13.9. The third-order valence-electron chi connectivity index (χ3n) is 8.40. The van der Waals surface area contributed by atoms with E-state index in [-0.39, 0.29) is 24.2 Å². The number of phenolic OH excluding ortho intramolecular Hbond substituents is 1. The molecular formula is C27H35N3O7. The van der Waals surface area contributed by atoms with Crippen LogP contribution in [-0.2, 0) is 32.0 Å². The summed E-state index contributed by atoms with van der Waals surface area (Å²) in [4.78, 5) is 69.7. The number of fused-ring (bicyclic) bond motifs is 3. The van der Waals surface area contributed by atoms with Gasteiger partial charge < -0.3 is 20.8 Å². The average Bonchev–Trinajstić information content (AvgIpc) is 2.80. The summed E-state index contributed by atoms with van der Waals surface area (Å²) in [5, 5.41) is 22.8. The molecule has 10 nitrogen and oxygen atoms in total. The van der Waals surface area contributed by atoms with E-state index in [9.17, 15) is 34.2 Å². The number of carbonyl (C=O) groups is 5. The molecule has 3 aliphatic rings. The van der Waals surface area contributed by atoms with E-state index in [4.69, 9.17) is 5.73 Å². The van der Waals surface area contributed by atoms with Gasteiger partial charge >= 0.3 is 0 Å². The number of benzene rings is 1. The summed E-state index contributed by atoms with van der Waals surface area (Å²) in [6.45, 7) is 2.02. The van der Waals surface area contributed by atoms with Crippen LogP contribution in [0.1, 0.15) is 47.7 Å². The van der Waals surface area contributed by atoms with Crippen molar-refractivity contribution in [3.05, 3.63) is 22.8 Å². The molecule has 0 heterocycles. The van der Waals surface area contributed by atoms with E-state index >= 15 is 0 Å². The highest BCUT2D eigenvalue weighted by atomic mass is 16.3. The van der Waals surface area contributed by atoms with Gasteiger partial charge in [0, 0.05) is 25.7 Å². The van der Waals surface area contributed by atoms with E-state index < -0.39 is 64.4 Å². The number of phenols is 1. The molecule has 200 valence electrons. The molecule has 4 N–H and O–H groups in total. The van der Waals surface area contributed by atoms with Gasteiger partial charge in [0.15, 0.2) is 34.7 Å². The Morgan fingerprint density at radius 2 is 1.78 bits per heavy atom. The van der Waals surface area contributed by atoms with E-state index in [0.29, 0.717) is 17.5 Å². The first kappa shape index (κ1) is 26.9. The lowest BCUT2D eigenvalue weighted by Gasteiger charge is -2.52. The lowest BCUT2D eigenvalue weighted by Crippen LogP contribution is -2.74. The Balaban J connectivity index is 1.88. The second kappa shape index (κ2) is 9.33. The number of rotatable bonds is 6. The highest BCUT2D eigenvalue weighted by Gasteiger charge is 2.69. The molecule has 0 spiro atoms. The minimum absolute atomic E-state index is 0.0368. The molecule has 1 aromatic rings. The molecule has 2 fully saturated rings. The molecule has 0 aromatic heterocycles. The second-order valence-electron chi connectivity index (χ2n) is 11.0. The van der Waals surface area contributed by atoms with E-state index in [1.165, 1.54) is 4.90 Å². The van der Waals surface area contributed by atoms with Gasteiger partial charge in [0.25, 0.3) is 0 Å². The molecule has 2 saturated carbocycles. The number of nitrogens with zero attached hydrogens (tertiary/aromatic N) is 2. The number of ketones is 4. The summed E-state index contributed by atoms with van der Waals surface area (Å²) in [6.07, 6.45) is 2.51. The predicted molar refractivity (Wildman–Crippen MR) is 134 cm³/mol. The van der Waals surface area contributed by atoms with Crippen LogP contribution in [0.15, 0.2) is 6.07 Å². The van der Waals surface area contributed by atoms with Crippen LogP contribution in [0.2, 0.25) is 0 Å². The monoisotopic (exact) mass is 513 g/mol. The van der Waals surface area contributed by atoms with Gasteiger partial charge in [0.1, 0.15) is 5.75 Å². The van der Waals surface area contributed by atoms with Crippen LogP contribution in [0.25, 0.3) is 0 Å². The number of aromatic hydroxyl groups is 1. The molecule has 1 amide bonds. The van der Waals surface area contributed by atoms with Crippen molar-refractivity contribution in [1.82, 2.24) is 4.90 Å². The lowest BCUT2D eigenvalue weighted by atomic mass is 9.52. The Labute approximate surface area is 215 Å². The molecule has 0 aliphatic heterocycles. The number of aliphatic hydroxyl groups is 1. The molecule has 0 bridgehead atoms. The SMILES string of the molecule is CCCCc1cc(N(C)C)c2c(c1O)C(=O)C1C(=O)[C@]3(O)C(=O)C(C(N)=O)C(=O)[C@@H](N(C)C)[C@@H]3C[C@@H]1C2. The van der Waals surface area contributed by atoms with Crippen molar-refractivity contribution in [2.75, 3.05) is 33.1 Å². The quantitative estimate of drug-likeness (QED) is 0.454. The predicted octanol–water partition coefficient (Wildman–Crippen LogP) is 0.276. The minimum Gasteiger partial charge on any atom is -0.507 e. The molecule has 4 rings (SSSR count). The van der Waals surface area contributed by atoms with E-state index in [0.717, 1.165) is 18.5 Å². The number of nitrogens with two attached hydrogens (primary N) is 1. The highest BCUT2D eigenvalue weighted by molar-refractivity contribution is 6.32. The minimum atomic E-state index is -2.71. The fourth-order valence-corrected chi connectivity index (χ4v) is 6.66. The van der Waals surface area contributed by atoms with Crippen molar-refractivity contribution in [2.24, 2.45) is 29.4 Å². The molecule has 3 aliphatic carbocycles. The number of hydrogen-bond donors (Lipinski definition) is 3. The van der Waals surface area contributed by atoms with Crippen molar-refractivity contribution in [3.8, 4) is 5.75 Å². The van der Waals surface area contributed by atoms with Gasteiger partial charge in [0.05, 0.1) is 17.5 Å². The molecule has 2 unspecified atom stereocenters. The second-order valence-corrected chi connectivity index (χ2v) is 11.0.